The Morgan fingerprint density at radius 2 is 1.62 bits per heavy atom. The van der Waals surface area contributed by atoms with Crippen LogP contribution in [0.15, 0.2) is 48.5 Å². The molecule has 1 heterocycles. The van der Waals surface area contributed by atoms with Crippen molar-refractivity contribution in [2.24, 2.45) is 0 Å². The predicted octanol–water partition coefficient (Wildman–Crippen LogP) is 0.869. The Labute approximate surface area is 95.9 Å². The molecule has 0 fully saturated rings. The van der Waals surface area contributed by atoms with Crippen molar-refractivity contribution in [1.29, 1.82) is 0 Å². The van der Waals surface area contributed by atoms with Crippen molar-refractivity contribution in [3.63, 3.8) is 0 Å². The van der Waals surface area contributed by atoms with E-state index in [0.29, 0.717) is 0 Å². The van der Waals surface area contributed by atoms with Gasteiger partial charge in [-0.2, -0.15) is 0 Å². The van der Waals surface area contributed by atoms with Crippen molar-refractivity contribution in [1.82, 2.24) is 0 Å². The Morgan fingerprint density at radius 1 is 0.812 bits per heavy atom. The second-order valence-electron chi connectivity index (χ2n) is 4.07. The van der Waals surface area contributed by atoms with Gasteiger partial charge in [0.15, 0.2) is 7.28 Å². The van der Waals surface area contributed by atoms with Crippen LogP contribution in [0.2, 0.25) is 0 Å². The second kappa shape index (κ2) is 3.93. The van der Waals surface area contributed by atoms with Gasteiger partial charge in [-0.3, -0.25) is 0 Å². The topological polar surface area (TPSA) is 24.1 Å². The zero-order chi connectivity index (χ0) is 10.8. The van der Waals surface area contributed by atoms with Gasteiger partial charge in [-0.05, 0) is 12.1 Å². The number of hydrogen-bond acceptors (Lipinski definition) is 2. The van der Waals surface area contributed by atoms with Crippen LogP contribution in [-0.4, -0.2) is 13.9 Å². The van der Waals surface area contributed by atoms with E-state index in [1.54, 1.807) is 0 Å². The van der Waals surface area contributed by atoms with Gasteiger partial charge in [0.2, 0.25) is 0 Å². The molecule has 0 radical (unpaired) electrons. The van der Waals surface area contributed by atoms with E-state index in [-0.39, 0.29) is 0 Å². The fourth-order valence-electron chi connectivity index (χ4n) is 2.07. The van der Waals surface area contributed by atoms with Gasteiger partial charge in [0.25, 0.3) is 0 Å². The maximum absolute atomic E-state index is 3.32. The monoisotopic (exact) mass is 208 g/mol. The molecule has 0 unspecified atom stereocenters. The molecular weight excluding hydrogens is 195 g/mol. The van der Waals surface area contributed by atoms with Gasteiger partial charge in [0, 0.05) is 0 Å². The third-order valence-corrected chi connectivity index (χ3v) is 2.89. The number of nitrogens with one attached hydrogen (secondary N) is 2. The lowest BCUT2D eigenvalue weighted by Crippen LogP contribution is -2.26. The zero-order valence-electron chi connectivity index (χ0n) is 9.03. The van der Waals surface area contributed by atoms with Gasteiger partial charge in [0.05, 0.1) is 18.0 Å². The first kappa shape index (κ1) is 9.34. The summed E-state index contributed by atoms with van der Waals surface area (Å²) in [6.45, 7) is 0.837. The number of anilines is 2. The maximum Gasteiger partial charge on any atom is 0.192 e. The summed E-state index contributed by atoms with van der Waals surface area (Å²) in [7, 11) is 0.996. The normalized spacial score (nSPS) is 12.5. The Morgan fingerprint density at radius 3 is 2.50 bits per heavy atom. The van der Waals surface area contributed by atoms with E-state index in [4.69, 9.17) is 0 Å². The highest BCUT2D eigenvalue weighted by Crippen LogP contribution is 2.23. The summed E-state index contributed by atoms with van der Waals surface area (Å²) in [6.07, 6.45) is 0. The van der Waals surface area contributed by atoms with Crippen LogP contribution >= 0.6 is 0 Å². The number of fused-ring (bicyclic) bond motifs is 1. The van der Waals surface area contributed by atoms with Crippen molar-refractivity contribution in [3.05, 3.63) is 48.5 Å². The molecule has 0 saturated carbocycles. The molecule has 0 spiro atoms. The van der Waals surface area contributed by atoms with Crippen molar-refractivity contribution in [2.75, 3.05) is 17.3 Å². The molecule has 3 rings (SSSR count). The van der Waals surface area contributed by atoms with Crippen LogP contribution in [0.3, 0.4) is 0 Å². The molecule has 0 aromatic heterocycles. The fraction of sp³-hybridized carbons (Fsp3) is 0.0769. The van der Waals surface area contributed by atoms with Crippen LogP contribution in [0.1, 0.15) is 0 Å². The molecule has 2 nitrogen and oxygen atoms in total. The smallest absolute Gasteiger partial charge is 0.192 e. The van der Waals surface area contributed by atoms with Gasteiger partial charge >= 0.3 is 0 Å². The van der Waals surface area contributed by atoms with E-state index in [1.807, 2.05) is 0 Å². The third kappa shape index (κ3) is 1.76. The Balaban J connectivity index is 1.86. The molecule has 2 N–H and O–H groups in total. The predicted molar refractivity (Wildman–Crippen MR) is 71.4 cm³/mol. The van der Waals surface area contributed by atoms with E-state index in [2.05, 4.69) is 59.2 Å². The summed E-state index contributed by atoms with van der Waals surface area (Å²) in [5.74, 6) is 0. The summed E-state index contributed by atoms with van der Waals surface area (Å²) in [6, 6.07) is 17.1. The standard InChI is InChI=1S/C13H13BN2/c1-2-4-10(5-3-1)14-11-6-7-12-13(8-11)16-9-15-12/h1-8,14-16H,9H2. The molecule has 0 amide bonds. The van der Waals surface area contributed by atoms with E-state index in [1.165, 1.54) is 22.3 Å². The van der Waals surface area contributed by atoms with Crippen LogP contribution in [0.5, 0.6) is 0 Å². The lowest BCUT2D eigenvalue weighted by molar-refractivity contribution is 1.31. The minimum Gasteiger partial charge on any atom is -0.366 e. The van der Waals surface area contributed by atoms with Gasteiger partial charge < -0.3 is 10.6 Å². The van der Waals surface area contributed by atoms with Gasteiger partial charge in [-0.25, -0.2) is 0 Å². The molecule has 16 heavy (non-hydrogen) atoms. The Bertz CT molecular complexity index is 497. The number of rotatable bonds is 2. The molecule has 3 heteroatoms. The maximum atomic E-state index is 3.32. The average molecular weight is 208 g/mol. The molecule has 78 valence electrons. The van der Waals surface area contributed by atoms with Crippen molar-refractivity contribution in [2.45, 2.75) is 0 Å². The van der Waals surface area contributed by atoms with E-state index in [9.17, 15) is 0 Å². The highest BCUT2D eigenvalue weighted by atomic mass is 15.1. The number of benzene rings is 2. The zero-order valence-corrected chi connectivity index (χ0v) is 9.03. The minimum atomic E-state index is 0.837. The highest BCUT2D eigenvalue weighted by Gasteiger charge is 2.09. The fourth-order valence-corrected chi connectivity index (χ4v) is 2.07. The molecule has 0 atom stereocenters. The summed E-state index contributed by atoms with van der Waals surface area (Å²) in [5, 5.41) is 6.60. The van der Waals surface area contributed by atoms with Gasteiger partial charge in [-0.15, -0.1) is 0 Å². The first-order chi connectivity index (χ1) is 7.92. The lowest BCUT2D eigenvalue weighted by atomic mass is 9.64. The van der Waals surface area contributed by atoms with Crippen molar-refractivity contribution in [3.8, 4) is 0 Å². The van der Waals surface area contributed by atoms with Crippen LogP contribution in [-0.2, 0) is 0 Å². The largest absolute Gasteiger partial charge is 0.366 e. The highest BCUT2D eigenvalue weighted by molar-refractivity contribution is 6.67. The number of hydrogen-bond donors (Lipinski definition) is 2. The average Bonchev–Trinajstić information content (AvgIpc) is 2.77. The van der Waals surface area contributed by atoms with Crippen LogP contribution in [0, 0.1) is 0 Å². The molecule has 1 aliphatic heterocycles. The van der Waals surface area contributed by atoms with E-state index >= 15 is 0 Å². The summed E-state index contributed by atoms with van der Waals surface area (Å²) in [5.41, 5.74) is 5.12. The quantitative estimate of drug-likeness (QED) is 0.715. The summed E-state index contributed by atoms with van der Waals surface area (Å²) < 4.78 is 0. The molecule has 2 aromatic rings. The van der Waals surface area contributed by atoms with Crippen LogP contribution in [0.4, 0.5) is 11.4 Å². The lowest BCUT2D eigenvalue weighted by Gasteiger charge is -2.03. The van der Waals surface area contributed by atoms with Gasteiger partial charge in [-0.1, -0.05) is 47.3 Å². The Kier molecular flexibility index (Phi) is 2.29. The molecule has 2 aromatic carbocycles. The minimum absolute atomic E-state index is 0.837. The SMILES string of the molecule is B(c1ccccc1)c1ccc2c(c1)NCN2. The van der Waals surface area contributed by atoms with Crippen molar-refractivity contribution < 1.29 is 0 Å². The molecule has 0 saturated heterocycles. The third-order valence-electron chi connectivity index (χ3n) is 2.89. The van der Waals surface area contributed by atoms with Crippen LogP contribution in [0.25, 0.3) is 0 Å². The first-order valence-corrected chi connectivity index (χ1v) is 5.56. The van der Waals surface area contributed by atoms with Crippen LogP contribution < -0.4 is 21.6 Å². The molecule has 0 aliphatic carbocycles. The molecular formula is C13H13BN2. The Hall–Kier alpha value is -1.90. The summed E-state index contributed by atoms with van der Waals surface area (Å²) >= 11 is 0. The van der Waals surface area contributed by atoms with Crippen molar-refractivity contribution >= 4 is 29.6 Å². The molecule has 0 bridgehead atoms. The summed E-state index contributed by atoms with van der Waals surface area (Å²) in [4.78, 5) is 0. The first-order valence-electron chi connectivity index (χ1n) is 5.56. The second-order valence-corrected chi connectivity index (χ2v) is 4.07. The van der Waals surface area contributed by atoms with E-state index in [0.717, 1.165) is 13.9 Å². The van der Waals surface area contributed by atoms with E-state index < -0.39 is 0 Å². The molecule has 1 aliphatic rings. The van der Waals surface area contributed by atoms with Gasteiger partial charge in [0.1, 0.15) is 0 Å².